The molecule has 0 saturated carbocycles. The fraction of sp³-hybridized carbons (Fsp3) is 0.364. The Balaban J connectivity index is 2.60. The normalized spacial score (nSPS) is 10.6. The highest BCUT2D eigenvalue weighted by atomic mass is 16.5. The van der Waals surface area contributed by atoms with Gasteiger partial charge < -0.3 is 4.74 Å². The molecule has 0 aromatic carbocycles. The molecule has 5 heteroatoms. The summed E-state index contributed by atoms with van der Waals surface area (Å²) in [7, 11) is 0. The van der Waals surface area contributed by atoms with Gasteiger partial charge in [0.2, 0.25) is 5.78 Å². The summed E-state index contributed by atoms with van der Waals surface area (Å²) in [6.45, 7) is 4.09. The van der Waals surface area contributed by atoms with Gasteiger partial charge in [-0.05, 0) is 19.4 Å². The third-order valence-corrected chi connectivity index (χ3v) is 2.28. The highest BCUT2D eigenvalue weighted by Gasteiger charge is 2.19. The summed E-state index contributed by atoms with van der Waals surface area (Å²) in [5.41, 5.74) is 1.20. The largest absolute Gasteiger partial charge is 0.461 e. The summed E-state index contributed by atoms with van der Waals surface area (Å²) in [6, 6.07) is 1.76. The van der Waals surface area contributed by atoms with Crippen molar-refractivity contribution in [2.75, 3.05) is 6.61 Å². The van der Waals surface area contributed by atoms with E-state index in [1.165, 1.54) is 0 Å². The van der Waals surface area contributed by atoms with Crippen LogP contribution in [0.2, 0.25) is 0 Å². The number of carbonyl (C=O) groups excluding carboxylic acids is 1. The number of hydrogen-bond donors (Lipinski definition) is 0. The van der Waals surface area contributed by atoms with Crippen LogP contribution in [-0.2, 0) is 11.2 Å². The molecule has 0 radical (unpaired) electrons. The van der Waals surface area contributed by atoms with E-state index in [1.54, 1.807) is 29.8 Å². The van der Waals surface area contributed by atoms with Crippen LogP contribution in [0, 0.1) is 0 Å². The zero-order chi connectivity index (χ0) is 11.5. The molecule has 0 saturated heterocycles. The molecule has 0 spiro atoms. The van der Waals surface area contributed by atoms with E-state index in [0.717, 1.165) is 5.69 Å². The fourth-order valence-corrected chi connectivity index (χ4v) is 1.60. The Morgan fingerprint density at radius 2 is 2.31 bits per heavy atom. The minimum Gasteiger partial charge on any atom is -0.461 e. The fourth-order valence-electron chi connectivity index (χ4n) is 1.60. The van der Waals surface area contributed by atoms with E-state index in [2.05, 4.69) is 9.97 Å². The van der Waals surface area contributed by atoms with Crippen LogP contribution in [0.1, 0.15) is 30.0 Å². The molecule has 5 nitrogen and oxygen atoms in total. The lowest BCUT2D eigenvalue weighted by molar-refractivity contribution is 0.0517. The van der Waals surface area contributed by atoms with Gasteiger partial charge in [0.15, 0.2) is 5.69 Å². The summed E-state index contributed by atoms with van der Waals surface area (Å²) in [6.07, 6.45) is 4.09. The average Bonchev–Trinajstić information content (AvgIpc) is 2.67. The van der Waals surface area contributed by atoms with Gasteiger partial charge in [-0.3, -0.25) is 4.40 Å². The summed E-state index contributed by atoms with van der Waals surface area (Å²) >= 11 is 0. The molecule has 0 aliphatic carbocycles. The van der Waals surface area contributed by atoms with Gasteiger partial charge in [0, 0.05) is 12.4 Å². The molecule has 2 heterocycles. The maximum absolute atomic E-state index is 11.8. The molecule has 0 unspecified atom stereocenters. The minimum atomic E-state index is -0.347. The highest BCUT2D eigenvalue weighted by Crippen LogP contribution is 2.12. The molecule has 2 rings (SSSR count). The summed E-state index contributed by atoms with van der Waals surface area (Å²) < 4.78 is 6.67. The van der Waals surface area contributed by atoms with Crippen molar-refractivity contribution in [3.8, 4) is 0 Å². The maximum atomic E-state index is 11.8. The Hall–Kier alpha value is -1.91. The molecule has 2 aromatic heterocycles. The number of ether oxygens (including phenoxy) is 1. The van der Waals surface area contributed by atoms with Crippen molar-refractivity contribution in [2.45, 2.75) is 20.3 Å². The number of aromatic nitrogens is 3. The van der Waals surface area contributed by atoms with Gasteiger partial charge in [-0.15, -0.1) is 0 Å². The first kappa shape index (κ1) is 10.6. The Morgan fingerprint density at radius 3 is 3.00 bits per heavy atom. The second kappa shape index (κ2) is 4.30. The molecule has 0 N–H and O–H groups in total. The lowest BCUT2D eigenvalue weighted by Gasteiger charge is -2.02. The van der Waals surface area contributed by atoms with Gasteiger partial charge in [0.25, 0.3) is 0 Å². The van der Waals surface area contributed by atoms with Crippen molar-refractivity contribution in [3.05, 3.63) is 29.8 Å². The third kappa shape index (κ3) is 1.64. The smallest absolute Gasteiger partial charge is 0.357 e. The Labute approximate surface area is 93.1 Å². The highest BCUT2D eigenvalue weighted by molar-refractivity contribution is 5.89. The first-order chi connectivity index (χ1) is 7.77. The number of aryl methyl sites for hydroxylation is 1. The summed E-state index contributed by atoms with van der Waals surface area (Å²) in [5.74, 6) is 0.183. The average molecular weight is 219 g/mol. The van der Waals surface area contributed by atoms with Crippen molar-refractivity contribution >= 4 is 11.7 Å². The Bertz CT molecular complexity index is 519. The third-order valence-electron chi connectivity index (χ3n) is 2.28. The number of imidazole rings is 1. The van der Waals surface area contributed by atoms with Crippen LogP contribution >= 0.6 is 0 Å². The predicted octanol–water partition coefficient (Wildman–Crippen LogP) is 1.47. The predicted molar refractivity (Wildman–Crippen MR) is 58.3 cm³/mol. The van der Waals surface area contributed by atoms with Gasteiger partial charge in [-0.1, -0.05) is 6.92 Å². The van der Waals surface area contributed by atoms with Crippen LogP contribution in [0.4, 0.5) is 0 Å². The van der Waals surface area contributed by atoms with Crippen LogP contribution in [-0.4, -0.2) is 26.9 Å². The summed E-state index contributed by atoms with van der Waals surface area (Å²) in [5, 5.41) is 0. The Morgan fingerprint density at radius 1 is 1.50 bits per heavy atom. The SMILES string of the molecule is CCOC(=O)c1c(CC)nc2ncccn12. The monoisotopic (exact) mass is 219 g/mol. The van der Waals surface area contributed by atoms with Crippen molar-refractivity contribution < 1.29 is 9.53 Å². The molecule has 0 amide bonds. The number of hydrogen-bond acceptors (Lipinski definition) is 4. The van der Waals surface area contributed by atoms with E-state index in [1.807, 2.05) is 6.92 Å². The zero-order valence-corrected chi connectivity index (χ0v) is 9.30. The number of nitrogens with zero attached hydrogens (tertiary/aromatic N) is 3. The van der Waals surface area contributed by atoms with Gasteiger partial charge in [-0.25, -0.2) is 14.8 Å². The first-order valence-corrected chi connectivity index (χ1v) is 5.27. The van der Waals surface area contributed by atoms with E-state index in [-0.39, 0.29) is 5.97 Å². The van der Waals surface area contributed by atoms with Crippen molar-refractivity contribution in [1.82, 2.24) is 14.4 Å². The van der Waals surface area contributed by atoms with Gasteiger partial charge >= 0.3 is 5.97 Å². The number of rotatable bonds is 3. The molecular weight excluding hydrogens is 206 g/mol. The van der Waals surface area contributed by atoms with Crippen LogP contribution in [0.25, 0.3) is 5.78 Å². The summed E-state index contributed by atoms with van der Waals surface area (Å²) in [4.78, 5) is 20.2. The molecule has 0 fully saturated rings. The first-order valence-electron chi connectivity index (χ1n) is 5.27. The molecular formula is C11H13N3O2. The van der Waals surface area contributed by atoms with Crippen molar-refractivity contribution in [3.63, 3.8) is 0 Å². The molecule has 16 heavy (non-hydrogen) atoms. The molecule has 2 aromatic rings. The molecule has 84 valence electrons. The van der Waals surface area contributed by atoms with Gasteiger partial charge in [0.05, 0.1) is 12.3 Å². The number of esters is 1. The lowest BCUT2D eigenvalue weighted by Crippen LogP contribution is -2.10. The topological polar surface area (TPSA) is 56.5 Å². The van der Waals surface area contributed by atoms with E-state index in [9.17, 15) is 4.79 Å². The van der Waals surface area contributed by atoms with Crippen molar-refractivity contribution in [1.29, 1.82) is 0 Å². The second-order valence-electron chi connectivity index (χ2n) is 3.27. The molecule has 0 atom stereocenters. The quantitative estimate of drug-likeness (QED) is 0.733. The van der Waals surface area contributed by atoms with Crippen LogP contribution in [0.3, 0.4) is 0 Å². The van der Waals surface area contributed by atoms with Crippen LogP contribution < -0.4 is 0 Å². The lowest BCUT2D eigenvalue weighted by atomic mass is 10.2. The maximum Gasteiger partial charge on any atom is 0.357 e. The second-order valence-corrected chi connectivity index (χ2v) is 3.27. The van der Waals surface area contributed by atoms with E-state index < -0.39 is 0 Å². The zero-order valence-electron chi connectivity index (χ0n) is 9.30. The molecule has 0 aliphatic heterocycles. The van der Waals surface area contributed by atoms with Gasteiger partial charge in [-0.2, -0.15) is 0 Å². The van der Waals surface area contributed by atoms with Gasteiger partial charge in [0.1, 0.15) is 0 Å². The number of fused-ring (bicyclic) bond motifs is 1. The molecule has 0 bridgehead atoms. The minimum absolute atomic E-state index is 0.347. The van der Waals surface area contributed by atoms with Crippen molar-refractivity contribution in [2.24, 2.45) is 0 Å². The van der Waals surface area contributed by atoms with Crippen LogP contribution in [0.15, 0.2) is 18.5 Å². The Kier molecular flexibility index (Phi) is 2.85. The van der Waals surface area contributed by atoms with E-state index in [0.29, 0.717) is 24.5 Å². The van der Waals surface area contributed by atoms with E-state index in [4.69, 9.17) is 4.74 Å². The van der Waals surface area contributed by atoms with Crippen LogP contribution in [0.5, 0.6) is 0 Å². The molecule has 0 aliphatic rings. The van der Waals surface area contributed by atoms with E-state index >= 15 is 0 Å². The standard InChI is InChI=1S/C11H13N3O2/c1-3-8-9(10(15)16-4-2)14-7-5-6-12-11(14)13-8/h5-7H,3-4H2,1-2H3. The number of carbonyl (C=O) groups is 1.